The predicted octanol–water partition coefficient (Wildman–Crippen LogP) is 2.51. The molecule has 2 aromatic carbocycles. The Labute approximate surface area is 156 Å². The summed E-state index contributed by atoms with van der Waals surface area (Å²) in [4.78, 5) is 26.3. The number of hydrogen-bond donors (Lipinski definition) is 2. The van der Waals surface area contributed by atoms with Crippen LogP contribution in [0.4, 0.5) is 5.69 Å². The van der Waals surface area contributed by atoms with Gasteiger partial charge in [-0.15, -0.1) is 5.10 Å². The number of benzene rings is 2. The van der Waals surface area contributed by atoms with Gasteiger partial charge in [0.15, 0.2) is 0 Å². The topological polar surface area (TPSA) is 91.0 Å². The van der Waals surface area contributed by atoms with Gasteiger partial charge in [0.1, 0.15) is 5.69 Å². The lowest BCUT2D eigenvalue weighted by atomic mass is 9.95. The molecule has 27 heavy (non-hydrogen) atoms. The van der Waals surface area contributed by atoms with Crippen molar-refractivity contribution < 1.29 is 9.59 Å². The van der Waals surface area contributed by atoms with Crippen molar-refractivity contribution in [3.05, 3.63) is 54.1 Å². The van der Waals surface area contributed by atoms with Gasteiger partial charge in [-0.05, 0) is 11.6 Å². The van der Waals surface area contributed by atoms with Crippen molar-refractivity contribution in [1.82, 2.24) is 20.7 Å². The Bertz CT molecular complexity index is 1010. The van der Waals surface area contributed by atoms with Crippen LogP contribution in [-0.2, 0) is 16.1 Å². The average Bonchev–Trinajstić information content (AvgIpc) is 3.18. The molecule has 1 aliphatic rings. The van der Waals surface area contributed by atoms with E-state index in [1.807, 2.05) is 48.5 Å². The molecule has 0 bridgehead atoms. The van der Waals surface area contributed by atoms with Crippen LogP contribution in [0.1, 0.15) is 18.4 Å². The molecular formula is C20H19N5O2. The lowest BCUT2D eigenvalue weighted by molar-refractivity contribution is -0.125. The molecule has 0 saturated heterocycles. The van der Waals surface area contributed by atoms with Crippen molar-refractivity contribution >= 4 is 17.5 Å². The summed E-state index contributed by atoms with van der Waals surface area (Å²) in [5, 5.41) is 13.8. The number of aromatic nitrogens is 3. The Kier molecular flexibility index (Phi) is 4.42. The van der Waals surface area contributed by atoms with E-state index in [2.05, 4.69) is 20.7 Å². The SMILES string of the molecule is CNC(=O)CCC(=O)N1Cc2ccccc2-c2[nH]nnc2-c2ccccc21. The zero-order chi connectivity index (χ0) is 18.8. The molecule has 2 N–H and O–H groups in total. The van der Waals surface area contributed by atoms with Crippen molar-refractivity contribution in [2.45, 2.75) is 19.4 Å². The zero-order valence-electron chi connectivity index (χ0n) is 14.9. The number of amides is 2. The molecule has 1 aromatic heterocycles. The van der Waals surface area contributed by atoms with Gasteiger partial charge < -0.3 is 10.2 Å². The lowest BCUT2D eigenvalue weighted by Gasteiger charge is -2.28. The van der Waals surface area contributed by atoms with Gasteiger partial charge in [0, 0.05) is 31.0 Å². The molecule has 4 rings (SSSR count). The van der Waals surface area contributed by atoms with Crippen LogP contribution < -0.4 is 10.2 Å². The molecule has 1 aliphatic heterocycles. The van der Waals surface area contributed by atoms with Gasteiger partial charge in [-0.2, -0.15) is 0 Å². The van der Waals surface area contributed by atoms with Crippen LogP contribution in [0.5, 0.6) is 0 Å². The first-order valence-electron chi connectivity index (χ1n) is 8.78. The van der Waals surface area contributed by atoms with Crippen molar-refractivity contribution in [2.24, 2.45) is 0 Å². The van der Waals surface area contributed by atoms with E-state index in [0.29, 0.717) is 12.2 Å². The quantitative estimate of drug-likeness (QED) is 0.750. The Balaban J connectivity index is 1.83. The van der Waals surface area contributed by atoms with Gasteiger partial charge in [0.05, 0.1) is 17.9 Å². The van der Waals surface area contributed by atoms with Crippen LogP contribution in [0.2, 0.25) is 0 Å². The minimum absolute atomic E-state index is 0.104. The van der Waals surface area contributed by atoms with Gasteiger partial charge in [0.2, 0.25) is 11.8 Å². The Morgan fingerprint density at radius 3 is 2.63 bits per heavy atom. The molecular weight excluding hydrogens is 342 g/mol. The van der Waals surface area contributed by atoms with Crippen LogP contribution in [-0.4, -0.2) is 34.3 Å². The molecule has 7 nitrogen and oxygen atoms in total. The Hall–Kier alpha value is -3.48. The van der Waals surface area contributed by atoms with Crippen molar-refractivity contribution in [3.63, 3.8) is 0 Å². The largest absolute Gasteiger partial charge is 0.359 e. The van der Waals surface area contributed by atoms with E-state index in [-0.39, 0.29) is 24.7 Å². The maximum absolute atomic E-state index is 13.0. The lowest BCUT2D eigenvalue weighted by Crippen LogP contribution is -2.32. The van der Waals surface area contributed by atoms with Crippen molar-refractivity contribution in [2.75, 3.05) is 11.9 Å². The maximum atomic E-state index is 13.0. The third-order valence-corrected chi connectivity index (χ3v) is 4.76. The molecule has 0 spiro atoms. The third kappa shape index (κ3) is 3.08. The van der Waals surface area contributed by atoms with E-state index >= 15 is 0 Å². The molecule has 0 saturated carbocycles. The normalized spacial score (nSPS) is 12.3. The molecule has 7 heteroatoms. The number of nitrogens with zero attached hydrogens (tertiary/aromatic N) is 3. The molecule has 0 radical (unpaired) electrons. The standard InChI is InChI=1S/C20H19N5O2/c1-21-17(26)10-11-18(27)25-12-13-6-2-3-7-14(13)19-20(23-24-22-19)15-8-4-5-9-16(15)25/h2-9H,10-12H2,1H3,(H,21,26)(H,22,23,24). The number of fused-ring (bicyclic) bond motifs is 5. The third-order valence-electron chi connectivity index (χ3n) is 4.76. The van der Waals surface area contributed by atoms with E-state index < -0.39 is 0 Å². The van der Waals surface area contributed by atoms with Crippen LogP contribution in [0.15, 0.2) is 48.5 Å². The highest BCUT2D eigenvalue weighted by Crippen LogP contribution is 2.39. The molecule has 0 atom stereocenters. The molecule has 3 aromatic rings. The summed E-state index contributed by atoms with van der Waals surface area (Å²) in [6.45, 7) is 0.415. The minimum Gasteiger partial charge on any atom is -0.359 e. The van der Waals surface area contributed by atoms with E-state index in [9.17, 15) is 9.59 Å². The van der Waals surface area contributed by atoms with Gasteiger partial charge >= 0.3 is 0 Å². The number of para-hydroxylation sites is 1. The summed E-state index contributed by atoms with van der Waals surface area (Å²) in [6.07, 6.45) is 0.298. The van der Waals surface area contributed by atoms with Crippen LogP contribution in [0.3, 0.4) is 0 Å². The van der Waals surface area contributed by atoms with Crippen LogP contribution in [0.25, 0.3) is 22.5 Å². The number of rotatable bonds is 3. The monoisotopic (exact) mass is 361 g/mol. The van der Waals surface area contributed by atoms with Gasteiger partial charge in [-0.1, -0.05) is 47.7 Å². The summed E-state index contributed by atoms with van der Waals surface area (Å²) in [6, 6.07) is 15.5. The number of anilines is 1. The first-order chi connectivity index (χ1) is 13.2. The average molecular weight is 361 g/mol. The summed E-state index contributed by atoms with van der Waals surface area (Å²) in [5.41, 5.74) is 5.12. The van der Waals surface area contributed by atoms with Gasteiger partial charge in [-0.25, -0.2) is 0 Å². The number of carbonyl (C=O) groups is 2. The van der Waals surface area contributed by atoms with Crippen molar-refractivity contribution in [3.8, 4) is 22.5 Å². The van der Waals surface area contributed by atoms with Gasteiger partial charge in [0.25, 0.3) is 0 Å². The summed E-state index contributed by atoms with van der Waals surface area (Å²) in [7, 11) is 1.57. The zero-order valence-corrected chi connectivity index (χ0v) is 14.9. The second-order valence-corrected chi connectivity index (χ2v) is 6.36. The van der Waals surface area contributed by atoms with E-state index in [0.717, 1.165) is 28.1 Å². The molecule has 0 unspecified atom stereocenters. The van der Waals surface area contributed by atoms with Gasteiger partial charge in [-0.3, -0.25) is 14.7 Å². The highest BCUT2D eigenvalue weighted by atomic mass is 16.2. The number of nitrogens with one attached hydrogen (secondary N) is 2. The maximum Gasteiger partial charge on any atom is 0.227 e. The fourth-order valence-corrected chi connectivity index (χ4v) is 3.37. The molecule has 0 aliphatic carbocycles. The smallest absolute Gasteiger partial charge is 0.227 e. The highest BCUT2D eigenvalue weighted by molar-refractivity contribution is 6.01. The second kappa shape index (κ2) is 7.03. The second-order valence-electron chi connectivity index (χ2n) is 6.36. The van der Waals surface area contributed by atoms with E-state index in [4.69, 9.17) is 0 Å². The first kappa shape index (κ1) is 17.0. The minimum atomic E-state index is -0.150. The molecule has 2 amide bonds. The number of H-pyrrole nitrogens is 1. The summed E-state index contributed by atoms with van der Waals surface area (Å²) < 4.78 is 0. The highest BCUT2D eigenvalue weighted by Gasteiger charge is 2.27. The predicted molar refractivity (Wildman–Crippen MR) is 102 cm³/mol. The molecule has 2 heterocycles. The Morgan fingerprint density at radius 1 is 1.07 bits per heavy atom. The van der Waals surface area contributed by atoms with Crippen LogP contribution in [0, 0.1) is 0 Å². The number of hydrogen-bond acceptors (Lipinski definition) is 4. The van der Waals surface area contributed by atoms with E-state index in [1.165, 1.54) is 0 Å². The molecule has 0 fully saturated rings. The fraction of sp³-hybridized carbons (Fsp3) is 0.200. The summed E-state index contributed by atoms with van der Waals surface area (Å²) in [5.74, 6) is -0.254. The number of aromatic amines is 1. The summed E-state index contributed by atoms with van der Waals surface area (Å²) >= 11 is 0. The first-order valence-corrected chi connectivity index (χ1v) is 8.78. The Morgan fingerprint density at radius 2 is 1.81 bits per heavy atom. The van der Waals surface area contributed by atoms with Crippen LogP contribution >= 0.6 is 0 Å². The van der Waals surface area contributed by atoms with E-state index in [1.54, 1.807) is 11.9 Å². The molecule has 136 valence electrons. The number of carbonyl (C=O) groups excluding carboxylic acids is 2. The fourth-order valence-electron chi connectivity index (χ4n) is 3.37. The van der Waals surface area contributed by atoms with Crippen molar-refractivity contribution in [1.29, 1.82) is 0 Å².